The summed E-state index contributed by atoms with van der Waals surface area (Å²) in [5, 5.41) is 2.69. The van der Waals surface area contributed by atoms with Gasteiger partial charge in [0.15, 0.2) is 0 Å². The predicted molar refractivity (Wildman–Crippen MR) is 110 cm³/mol. The molecule has 7 heteroatoms. The highest BCUT2D eigenvalue weighted by Gasteiger charge is 2.26. The minimum Gasteiger partial charge on any atom is -0.350 e. The van der Waals surface area contributed by atoms with E-state index in [2.05, 4.69) is 5.32 Å². The second-order valence-electron chi connectivity index (χ2n) is 6.56. The molecule has 0 aromatic heterocycles. The Morgan fingerprint density at radius 3 is 2.17 bits per heavy atom. The third kappa shape index (κ3) is 5.20. The Kier molecular flexibility index (Phi) is 6.29. The fourth-order valence-electron chi connectivity index (χ4n) is 2.74. The van der Waals surface area contributed by atoms with Crippen LogP contribution in [0.2, 0.25) is 0 Å². The Labute approximate surface area is 169 Å². The zero-order chi connectivity index (χ0) is 20.9. The lowest BCUT2D eigenvalue weighted by Gasteiger charge is -2.24. The van der Waals surface area contributed by atoms with Crippen LogP contribution in [0.15, 0.2) is 83.8 Å². The lowest BCUT2D eigenvalue weighted by atomic mass is 10.2. The Morgan fingerprint density at radius 2 is 1.55 bits per heavy atom. The number of sulfonamides is 1. The maximum atomic E-state index is 13.2. The fraction of sp³-hybridized carbons (Fsp3) is 0.136. The molecule has 0 aliphatic carbocycles. The number of benzene rings is 3. The van der Waals surface area contributed by atoms with Crippen LogP contribution in [0.5, 0.6) is 0 Å². The first-order chi connectivity index (χ1) is 13.9. The molecule has 1 amide bonds. The molecule has 0 radical (unpaired) electrons. The van der Waals surface area contributed by atoms with Gasteiger partial charge in [-0.1, -0.05) is 48.0 Å². The van der Waals surface area contributed by atoms with Gasteiger partial charge < -0.3 is 5.32 Å². The van der Waals surface area contributed by atoms with Gasteiger partial charge in [-0.2, -0.15) is 0 Å². The van der Waals surface area contributed by atoms with E-state index in [0.717, 1.165) is 9.87 Å². The number of rotatable bonds is 7. The highest BCUT2D eigenvalue weighted by molar-refractivity contribution is 7.92. The fourth-order valence-corrected chi connectivity index (χ4v) is 4.18. The van der Waals surface area contributed by atoms with Gasteiger partial charge in [0.1, 0.15) is 12.4 Å². The molecule has 0 unspecified atom stereocenters. The number of aryl methyl sites for hydroxylation is 1. The molecule has 3 aromatic rings. The van der Waals surface area contributed by atoms with Gasteiger partial charge >= 0.3 is 0 Å². The first-order valence-electron chi connectivity index (χ1n) is 9.02. The number of carbonyl (C=O) groups excluding carboxylic acids is 1. The van der Waals surface area contributed by atoms with Gasteiger partial charge in [0.25, 0.3) is 10.0 Å². The Balaban J connectivity index is 1.82. The number of nitrogens with zero attached hydrogens (tertiary/aromatic N) is 1. The number of halogens is 1. The van der Waals surface area contributed by atoms with Crippen LogP contribution in [0, 0.1) is 12.7 Å². The smallest absolute Gasteiger partial charge is 0.264 e. The van der Waals surface area contributed by atoms with E-state index < -0.39 is 15.9 Å². The molecule has 5 nitrogen and oxygen atoms in total. The molecule has 29 heavy (non-hydrogen) atoms. The van der Waals surface area contributed by atoms with E-state index in [9.17, 15) is 17.6 Å². The minimum absolute atomic E-state index is 0.104. The van der Waals surface area contributed by atoms with Gasteiger partial charge in [-0.3, -0.25) is 9.10 Å². The van der Waals surface area contributed by atoms with Crippen molar-refractivity contribution in [3.05, 3.63) is 95.8 Å². The van der Waals surface area contributed by atoms with Crippen LogP contribution in [0.25, 0.3) is 0 Å². The molecule has 150 valence electrons. The zero-order valence-corrected chi connectivity index (χ0v) is 16.7. The summed E-state index contributed by atoms with van der Waals surface area (Å²) >= 11 is 0. The Morgan fingerprint density at radius 1 is 0.931 bits per heavy atom. The molecular formula is C22H21FN2O3S. The van der Waals surface area contributed by atoms with Gasteiger partial charge in [-0.05, 0) is 48.9 Å². The maximum absolute atomic E-state index is 13.2. The van der Waals surface area contributed by atoms with Crippen LogP contribution in [-0.2, 0) is 21.4 Å². The Bertz CT molecular complexity index is 1070. The maximum Gasteiger partial charge on any atom is 0.264 e. The molecule has 0 aliphatic rings. The summed E-state index contributed by atoms with van der Waals surface area (Å²) in [5.41, 5.74) is 2.09. The van der Waals surface area contributed by atoms with Crippen molar-refractivity contribution in [3.63, 3.8) is 0 Å². The third-order valence-electron chi connectivity index (χ3n) is 4.34. The van der Waals surface area contributed by atoms with Crippen LogP contribution in [0.3, 0.4) is 0 Å². The van der Waals surface area contributed by atoms with Crippen molar-refractivity contribution < 1.29 is 17.6 Å². The van der Waals surface area contributed by atoms with Gasteiger partial charge in [0.05, 0.1) is 10.6 Å². The number of anilines is 1. The monoisotopic (exact) mass is 412 g/mol. The van der Waals surface area contributed by atoms with Crippen LogP contribution in [0.1, 0.15) is 11.1 Å². The van der Waals surface area contributed by atoms with E-state index in [0.29, 0.717) is 11.3 Å². The molecule has 0 atom stereocenters. The molecule has 0 aliphatic heterocycles. The summed E-state index contributed by atoms with van der Waals surface area (Å²) in [7, 11) is -3.93. The molecular weight excluding hydrogens is 391 g/mol. The quantitative estimate of drug-likeness (QED) is 0.644. The molecule has 1 N–H and O–H groups in total. The normalized spacial score (nSPS) is 11.1. The van der Waals surface area contributed by atoms with Gasteiger partial charge in [0, 0.05) is 6.54 Å². The second-order valence-corrected chi connectivity index (χ2v) is 8.43. The van der Waals surface area contributed by atoms with Crippen LogP contribution < -0.4 is 9.62 Å². The van der Waals surface area contributed by atoms with Crippen LogP contribution >= 0.6 is 0 Å². The number of hydrogen-bond donors (Lipinski definition) is 1. The van der Waals surface area contributed by atoms with Crippen molar-refractivity contribution in [2.24, 2.45) is 0 Å². The molecule has 0 saturated heterocycles. The highest BCUT2D eigenvalue weighted by Crippen LogP contribution is 2.23. The average molecular weight is 412 g/mol. The summed E-state index contributed by atoms with van der Waals surface area (Å²) < 4.78 is 40.4. The summed E-state index contributed by atoms with van der Waals surface area (Å²) in [5.74, 6) is -0.825. The van der Waals surface area contributed by atoms with E-state index in [1.54, 1.807) is 54.6 Å². The summed E-state index contributed by atoms with van der Waals surface area (Å²) in [4.78, 5) is 12.6. The summed E-state index contributed by atoms with van der Waals surface area (Å²) in [6.45, 7) is 1.70. The standard InChI is InChI=1S/C22H21FN2O3S/c1-17-7-13-20(14-8-17)25(29(27,28)21-5-3-2-4-6-21)16-22(26)24-15-18-9-11-19(23)12-10-18/h2-14H,15-16H2,1H3,(H,24,26). The average Bonchev–Trinajstić information content (AvgIpc) is 2.73. The van der Waals surface area contributed by atoms with Crippen molar-refractivity contribution in [2.75, 3.05) is 10.8 Å². The van der Waals surface area contributed by atoms with Crippen molar-refractivity contribution in [2.45, 2.75) is 18.4 Å². The number of nitrogens with one attached hydrogen (secondary N) is 1. The van der Waals surface area contributed by atoms with Crippen molar-refractivity contribution >= 4 is 21.6 Å². The van der Waals surface area contributed by atoms with Gasteiger partial charge in [-0.25, -0.2) is 12.8 Å². The largest absolute Gasteiger partial charge is 0.350 e. The molecule has 0 spiro atoms. The first kappa shape index (κ1) is 20.5. The summed E-state index contributed by atoms with van der Waals surface area (Å²) in [6.07, 6.45) is 0. The predicted octanol–water partition coefficient (Wildman–Crippen LogP) is 3.65. The van der Waals surface area contributed by atoms with E-state index in [1.165, 1.54) is 24.3 Å². The molecule has 0 saturated carbocycles. The molecule has 0 bridgehead atoms. The number of hydrogen-bond acceptors (Lipinski definition) is 3. The molecule has 3 aromatic carbocycles. The van der Waals surface area contributed by atoms with Crippen LogP contribution in [-0.4, -0.2) is 20.9 Å². The van der Waals surface area contributed by atoms with E-state index >= 15 is 0 Å². The topological polar surface area (TPSA) is 66.5 Å². The first-order valence-corrected chi connectivity index (χ1v) is 10.5. The van der Waals surface area contributed by atoms with Gasteiger partial charge in [0.2, 0.25) is 5.91 Å². The van der Waals surface area contributed by atoms with E-state index in [1.807, 2.05) is 6.92 Å². The second kappa shape index (κ2) is 8.87. The minimum atomic E-state index is -3.93. The van der Waals surface area contributed by atoms with Crippen molar-refractivity contribution in [3.8, 4) is 0 Å². The molecule has 3 rings (SSSR count). The van der Waals surface area contributed by atoms with E-state index in [4.69, 9.17) is 0 Å². The van der Waals surface area contributed by atoms with Crippen molar-refractivity contribution in [1.82, 2.24) is 5.32 Å². The zero-order valence-electron chi connectivity index (χ0n) is 15.9. The van der Waals surface area contributed by atoms with Gasteiger partial charge in [-0.15, -0.1) is 0 Å². The van der Waals surface area contributed by atoms with E-state index in [-0.39, 0.29) is 23.8 Å². The number of amides is 1. The molecule has 0 heterocycles. The highest BCUT2D eigenvalue weighted by atomic mass is 32.2. The number of carbonyl (C=O) groups is 1. The van der Waals surface area contributed by atoms with Crippen molar-refractivity contribution in [1.29, 1.82) is 0 Å². The Hall–Kier alpha value is -3.19. The SMILES string of the molecule is Cc1ccc(N(CC(=O)NCc2ccc(F)cc2)S(=O)(=O)c2ccccc2)cc1. The summed E-state index contributed by atoms with van der Waals surface area (Å²) in [6, 6.07) is 20.6. The lowest BCUT2D eigenvalue weighted by Crippen LogP contribution is -2.40. The van der Waals surface area contributed by atoms with Crippen LogP contribution in [0.4, 0.5) is 10.1 Å². The molecule has 0 fully saturated rings. The lowest BCUT2D eigenvalue weighted by molar-refractivity contribution is -0.119. The third-order valence-corrected chi connectivity index (χ3v) is 6.13.